The molecule has 0 saturated heterocycles. The second-order valence-corrected chi connectivity index (χ2v) is 8.35. The number of carbonyl (C=O) groups is 1. The van der Waals surface area contributed by atoms with E-state index in [-0.39, 0.29) is 22.7 Å². The van der Waals surface area contributed by atoms with Gasteiger partial charge in [0.05, 0.1) is 10.9 Å². The number of aryl methyl sites for hydroxylation is 1. The van der Waals surface area contributed by atoms with Crippen LogP contribution in [-0.4, -0.2) is 14.2 Å². The van der Waals surface area contributed by atoms with Crippen LogP contribution in [-0.2, 0) is 14.8 Å². The van der Waals surface area contributed by atoms with Gasteiger partial charge in [0.15, 0.2) is 5.78 Å². The maximum atomic E-state index is 12.7. The lowest BCUT2D eigenvalue weighted by Gasteiger charge is -2.21. The number of rotatable bonds is 7. The zero-order valence-corrected chi connectivity index (χ0v) is 16.5. The first-order chi connectivity index (χ1) is 11.7. The van der Waals surface area contributed by atoms with E-state index >= 15 is 0 Å². The van der Waals surface area contributed by atoms with Crippen molar-refractivity contribution in [2.24, 2.45) is 0 Å². The van der Waals surface area contributed by atoms with Crippen LogP contribution in [0.1, 0.15) is 30.5 Å². The van der Waals surface area contributed by atoms with Gasteiger partial charge in [0.25, 0.3) is 0 Å². The standard InChI is InChI=1S/C19H20BrNO3S/c1-4-18(22)14(3)19(15-7-9-16(20)10-8-15)21-25(23,24)17-11-5-13(2)6-12-17/h5-12,19,21H,3-4H2,1-2H3/t19-/m1/s1. The average molecular weight is 422 g/mol. The van der Waals surface area contributed by atoms with Crippen molar-refractivity contribution in [2.45, 2.75) is 31.2 Å². The van der Waals surface area contributed by atoms with Gasteiger partial charge in [0.1, 0.15) is 0 Å². The van der Waals surface area contributed by atoms with Crippen molar-refractivity contribution in [1.29, 1.82) is 0 Å². The van der Waals surface area contributed by atoms with Gasteiger partial charge < -0.3 is 0 Å². The van der Waals surface area contributed by atoms with Crippen LogP contribution in [0.5, 0.6) is 0 Å². The molecule has 0 aliphatic heterocycles. The van der Waals surface area contributed by atoms with Gasteiger partial charge >= 0.3 is 0 Å². The number of hydrogen-bond donors (Lipinski definition) is 1. The Morgan fingerprint density at radius 3 is 2.20 bits per heavy atom. The first-order valence-electron chi connectivity index (χ1n) is 7.81. The predicted molar refractivity (Wildman–Crippen MR) is 103 cm³/mol. The van der Waals surface area contributed by atoms with Crippen LogP contribution in [0, 0.1) is 6.92 Å². The van der Waals surface area contributed by atoms with Crippen molar-refractivity contribution in [3.63, 3.8) is 0 Å². The van der Waals surface area contributed by atoms with E-state index in [1.165, 1.54) is 0 Å². The van der Waals surface area contributed by atoms with E-state index in [1.54, 1.807) is 55.5 Å². The summed E-state index contributed by atoms with van der Waals surface area (Å²) in [6.45, 7) is 7.44. The van der Waals surface area contributed by atoms with Gasteiger partial charge in [0, 0.05) is 16.5 Å². The molecule has 0 aliphatic rings. The predicted octanol–water partition coefficient (Wildman–Crippen LogP) is 4.31. The van der Waals surface area contributed by atoms with Crippen molar-refractivity contribution in [3.8, 4) is 0 Å². The lowest BCUT2D eigenvalue weighted by molar-refractivity contribution is -0.115. The van der Waals surface area contributed by atoms with Crippen LogP contribution in [0.2, 0.25) is 0 Å². The van der Waals surface area contributed by atoms with E-state index in [2.05, 4.69) is 27.2 Å². The number of hydrogen-bond acceptors (Lipinski definition) is 3. The van der Waals surface area contributed by atoms with Gasteiger partial charge in [-0.2, -0.15) is 4.72 Å². The van der Waals surface area contributed by atoms with Crippen LogP contribution in [0.15, 0.2) is 70.1 Å². The van der Waals surface area contributed by atoms with Crippen LogP contribution < -0.4 is 4.72 Å². The first kappa shape index (κ1) is 19.6. The molecule has 2 aromatic rings. The molecule has 0 aliphatic carbocycles. The molecular formula is C19H20BrNO3S. The van der Waals surface area contributed by atoms with Crippen molar-refractivity contribution < 1.29 is 13.2 Å². The highest BCUT2D eigenvalue weighted by Gasteiger charge is 2.26. The highest BCUT2D eigenvalue weighted by molar-refractivity contribution is 9.10. The summed E-state index contributed by atoms with van der Waals surface area (Å²) in [5, 5.41) is 0. The summed E-state index contributed by atoms with van der Waals surface area (Å²) in [4.78, 5) is 12.3. The Morgan fingerprint density at radius 1 is 1.12 bits per heavy atom. The topological polar surface area (TPSA) is 63.2 Å². The number of nitrogens with one attached hydrogen (secondary N) is 1. The Bertz CT molecular complexity index is 872. The van der Waals surface area contributed by atoms with Crippen LogP contribution in [0.3, 0.4) is 0 Å². The Hall–Kier alpha value is -1.76. The molecule has 0 unspecified atom stereocenters. The number of ketones is 1. The fraction of sp³-hybridized carbons (Fsp3) is 0.211. The molecule has 1 N–H and O–H groups in total. The van der Waals surface area contributed by atoms with Gasteiger partial charge in [-0.25, -0.2) is 8.42 Å². The molecule has 2 aromatic carbocycles. The summed E-state index contributed by atoms with van der Waals surface area (Å²) in [6.07, 6.45) is 0.262. The number of carbonyl (C=O) groups excluding carboxylic acids is 1. The normalized spacial score (nSPS) is 12.6. The molecule has 0 bridgehead atoms. The minimum absolute atomic E-state index is 0.150. The summed E-state index contributed by atoms with van der Waals surface area (Å²) in [5.74, 6) is -0.181. The second-order valence-electron chi connectivity index (χ2n) is 5.72. The molecule has 6 heteroatoms. The van der Waals surface area contributed by atoms with Gasteiger partial charge in [-0.3, -0.25) is 4.79 Å². The number of halogens is 1. The van der Waals surface area contributed by atoms with Crippen molar-refractivity contribution in [2.75, 3.05) is 0 Å². The molecular weight excluding hydrogens is 402 g/mol. The van der Waals surface area contributed by atoms with Gasteiger partial charge in [-0.05, 0) is 36.8 Å². The minimum atomic E-state index is -3.80. The molecule has 0 amide bonds. The fourth-order valence-electron chi connectivity index (χ4n) is 2.32. The second kappa shape index (κ2) is 8.08. The third-order valence-electron chi connectivity index (χ3n) is 3.84. The lowest BCUT2D eigenvalue weighted by atomic mass is 9.97. The number of sulfonamides is 1. The Labute approximate surface area is 157 Å². The van der Waals surface area contributed by atoms with Gasteiger partial charge in [-0.1, -0.05) is 59.3 Å². The Morgan fingerprint density at radius 2 is 1.68 bits per heavy atom. The molecule has 132 valence electrons. The van der Waals surface area contributed by atoms with E-state index in [1.807, 2.05) is 6.92 Å². The molecule has 1 atom stereocenters. The molecule has 0 heterocycles. The van der Waals surface area contributed by atoms with Crippen LogP contribution in [0.25, 0.3) is 0 Å². The Kier molecular flexibility index (Phi) is 6.32. The maximum Gasteiger partial charge on any atom is 0.241 e. The highest BCUT2D eigenvalue weighted by Crippen LogP contribution is 2.26. The maximum absolute atomic E-state index is 12.7. The molecule has 0 fully saturated rings. The summed E-state index contributed by atoms with van der Waals surface area (Å²) in [6, 6.07) is 12.9. The molecule has 4 nitrogen and oxygen atoms in total. The summed E-state index contributed by atoms with van der Waals surface area (Å²) < 4.78 is 29.0. The molecule has 25 heavy (non-hydrogen) atoms. The first-order valence-corrected chi connectivity index (χ1v) is 10.1. The van der Waals surface area contributed by atoms with E-state index in [9.17, 15) is 13.2 Å². The largest absolute Gasteiger partial charge is 0.295 e. The minimum Gasteiger partial charge on any atom is -0.295 e. The van der Waals surface area contributed by atoms with E-state index < -0.39 is 16.1 Å². The molecule has 2 rings (SSSR count). The van der Waals surface area contributed by atoms with E-state index in [0.29, 0.717) is 5.56 Å². The monoisotopic (exact) mass is 421 g/mol. The lowest BCUT2D eigenvalue weighted by Crippen LogP contribution is -2.31. The zero-order chi connectivity index (χ0) is 18.6. The number of Topliss-reactive ketones (excluding diaryl/α,β-unsaturated/α-hetero) is 1. The fourth-order valence-corrected chi connectivity index (χ4v) is 3.81. The molecule has 0 spiro atoms. The van der Waals surface area contributed by atoms with E-state index in [0.717, 1.165) is 10.0 Å². The third kappa shape index (κ3) is 4.87. The molecule has 0 saturated carbocycles. The quantitative estimate of drug-likeness (QED) is 0.677. The molecule has 0 radical (unpaired) electrons. The van der Waals surface area contributed by atoms with Gasteiger partial charge in [-0.15, -0.1) is 0 Å². The van der Waals surface area contributed by atoms with Crippen LogP contribution >= 0.6 is 15.9 Å². The van der Waals surface area contributed by atoms with Crippen molar-refractivity contribution in [1.82, 2.24) is 4.72 Å². The SMILES string of the molecule is C=C(C(=O)CC)[C@@H](NS(=O)(=O)c1ccc(C)cc1)c1ccc(Br)cc1. The smallest absolute Gasteiger partial charge is 0.241 e. The van der Waals surface area contributed by atoms with Crippen molar-refractivity contribution in [3.05, 3.63) is 76.3 Å². The summed E-state index contributed by atoms with van der Waals surface area (Å²) >= 11 is 3.35. The highest BCUT2D eigenvalue weighted by atomic mass is 79.9. The van der Waals surface area contributed by atoms with Crippen LogP contribution in [0.4, 0.5) is 0 Å². The van der Waals surface area contributed by atoms with E-state index in [4.69, 9.17) is 0 Å². The van der Waals surface area contributed by atoms with Gasteiger partial charge in [0.2, 0.25) is 10.0 Å². The molecule has 0 aromatic heterocycles. The number of benzene rings is 2. The third-order valence-corrected chi connectivity index (χ3v) is 5.80. The summed E-state index contributed by atoms with van der Waals surface area (Å²) in [7, 11) is -3.80. The van der Waals surface area contributed by atoms with Crippen molar-refractivity contribution >= 4 is 31.7 Å². The Balaban J connectivity index is 2.41. The average Bonchev–Trinajstić information content (AvgIpc) is 2.59. The zero-order valence-electron chi connectivity index (χ0n) is 14.1. The summed E-state index contributed by atoms with van der Waals surface area (Å²) in [5.41, 5.74) is 1.85.